The number of aryl methyl sites for hydroxylation is 1. The first-order valence-corrected chi connectivity index (χ1v) is 11.3. The largest absolute Gasteiger partial charge is 0.493 e. The summed E-state index contributed by atoms with van der Waals surface area (Å²) < 4.78 is 11.0. The van der Waals surface area contributed by atoms with Gasteiger partial charge in [-0.3, -0.25) is 5.32 Å². The zero-order valence-electron chi connectivity index (χ0n) is 18.0. The van der Waals surface area contributed by atoms with Gasteiger partial charge in [-0.25, -0.2) is 9.78 Å². The highest BCUT2D eigenvalue weighted by Gasteiger charge is 2.50. The summed E-state index contributed by atoms with van der Waals surface area (Å²) in [5, 5.41) is 8.60. The Balaban J connectivity index is 1.49. The van der Waals surface area contributed by atoms with Crippen LogP contribution in [0.15, 0.2) is 23.6 Å². The van der Waals surface area contributed by atoms with Gasteiger partial charge in [0.2, 0.25) is 0 Å². The van der Waals surface area contributed by atoms with Crippen molar-refractivity contribution in [3.8, 4) is 11.5 Å². The Bertz CT molecular complexity index is 918. The molecule has 2 aromatic rings. The van der Waals surface area contributed by atoms with E-state index in [1.165, 1.54) is 16.9 Å². The summed E-state index contributed by atoms with van der Waals surface area (Å²) >= 11 is 1.45. The van der Waals surface area contributed by atoms with Crippen molar-refractivity contribution in [1.29, 1.82) is 0 Å². The van der Waals surface area contributed by atoms with Crippen molar-refractivity contribution in [3.63, 3.8) is 0 Å². The van der Waals surface area contributed by atoms with Gasteiger partial charge in [0, 0.05) is 22.9 Å². The summed E-state index contributed by atoms with van der Waals surface area (Å²) in [6.07, 6.45) is 4.01. The van der Waals surface area contributed by atoms with Crippen LogP contribution in [0.2, 0.25) is 0 Å². The molecule has 1 aliphatic heterocycles. The number of carbonyl (C=O) groups excluding carboxylic acids is 1. The number of thiazole rings is 1. The third-order valence-electron chi connectivity index (χ3n) is 6.66. The predicted octanol–water partition coefficient (Wildman–Crippen LogP) is 3.78. The van der Waals surface area contributed by atoms with Crippen molar-refractivity contribution < 1.29 is 14.3 Å². The molecule has 3 atom stereocenters. The number of amides is 2. The van der Waals surface area contributed by atoms with Gasteiger partial charge < -0.3 is 19.7 Å². The first-order chi connectivity index (χ1) is 14.4. The lowest BCUT2D eigenvalue weighted by Crippen LogP contribution is -2.52. The first kappa shape index (κ1) is 20.9. The summed E-state index contributed by atoms with van der Waals surface area (Å²) in [5.41, 5.74) is 2.30. The average molecular weight is 431 g/mol. The highest BCUT2D eigenvalue weighted by Crippen LogP contribution is 2.49. The molecule has 0 radical (unpaired) electrons. The topological polar surface area (TPSA) is 75.7 Å². The monoisotopic (exact) mass is 430 g/mol. The highest BCUT2D eigenvalue weighted by atomic mass is 32.1. The van der Waals surface area contributed by atoms with Gasteiger partial charge in [-0.1, -0.05) is 6.07 Å². The van der Waals surface area contributed by atoms with Gasteiger partial charge >= 0.3 is 6.03 Å². The Morgan fingerprint density at radius 3 is 2.77 bits per heavy atom. The number of nitrogens with one attached hydrogen (secondary N) is 2. The van der Waals surface area contributed by atoms with E-state index in [0.717, 1.165) is 49.4 Å². The Morgan fingerprint density at radius 2 is 2.07 bits per heavy atom. The third-order valence-corrected chi connectivity index (χ3v) is 7.54. The minimum absolute atomic E-state index is 0.0787. The molecule has 8 heteroatoms. The van der Waals surface area contributed by atoms with Crippen molar-refractivity contribution in [3.05, 3.63) is 34.8 Å². The molecule has 4 rings (SSSR count). The van der Waals surface area contributed by atoms with E-state index in [-0.39, 0.29) is 17.5 Å². The van der Waals surface area contributed by atoms with Gasteiger partial charge in [0.15, 0.2) is 16.6 Å². The van der Waals surface area contributed by atoms with Crippen molar-refractivity contribution >= 4 is 22.5 Å². The van der Waals surface area contributed by atoms with Crippen LogP contribution >= 0.6 is 11.3 Å². The molecular formula is C22H30N4O3S. The van der Waals surface area contributed by atoms with E-state index < -0.39 is 0 Å². The molecule has 2 heterocycles. The zero-order chi connectivity index (χ0) is 21.3. The lowest BCUT2D eigenvalue weighted by molar-refractivity contribution is 0.156. The fraction of sp³-hybridized carbons (Fsp3) is 0.545. The number of aromatic nitrogens is 1. The van der Waals surface area contributed by atoms with Crippen LogP contribution in [-0.2, 0) is 5.41 Å². The Kier molecular flexibility index (Phi) is 5.88. The van der Waals surface area contributed by atoms with Crippen LogP contribution in [0.4, 0.5) is 9.93 Å². The molecule has 2 amide bonds. The minimum Gasteiger partial charge on any atom is -0.493 e. The number of urea groups is 1. The van der Waals surface area contributed by atoms with Gasteiger partial charge in [-0.2, -0.15) is 0 Å². The first-order valence-electron chi connectivity index (χ1n) is 10.4. The summed E-state index contributed by atoms with van der Waals surface area (Å²) in [4.78, 5) is 19.2. The Labute approximate surface area is 181 Å². The maximum absolute atomic E-state index is 12.5. The molecule has 1 aromatic heterocycles. The predicted molar refractivity (Wildman–Crippen MR) is 119 cm³/mol. The molecule has 1 saturated heterocycles. The molecule has 1 aromatic carbocycles. The fourth-order valence-electron chi connectivity index (χ4n) is 5.12. The number of anilines is 1. The lowest BCUT2D eigenvalue weighted by atomic mass is 9.65. The summed E-state index contributed by atoms with van der Waals surface area (Å²) in [6, 6.07) is 6.66. The van der Waals surface area contributed by atoms with Gasteiger partial charge in [0.1, 0.15) is 0 Å². The highest BCUT2D eigenvalue weighted by molar-refractivity contribution is 7.13. The fourth-order valence-corrected chi connectivity index (χ4v) is 5.81. The second kappa shape index (κ2) is 8.43. The number of rotatable bonds is 5. The molecule has 162 valence electrons. The van der Waals surface area contributed by atoms with E-state index in [4.69, 9.17) is 9.47 Å². The second-order valence-electron chi connectivity index (χ2n) is 8.34. The van der Waals surface area contributed by atoms with Crippen molar-refractivity contribution in [2.24, 2.45) is 0 Å². The van der Waals surface area contributed by atoms with E-state index in [0.29, 0.717) is 11.2 Å². The molecule has 1 saturated carbocycles. The van der Waals surface area contributed by atoms with E-state index in [9.17, 15) is 4.79 Å². The molecule has 0 bridgehead atoms. The quantitative estimate of drug-likeness (QED) is 0.755. The average Bonchev–Trinajstić information content (AvgIpc) is 3.31. The molecule has 7 nitrogen and oxygen atoms in total. The maximum Gasteiger partial charge on any atom is 0.321 e. The smallest absolute Gasteiger partial charge is 0.321 e. The summed E-state index contributed by atoms with van der Waals surface area (Å²) in [5.74, 6) is 1.53. The number of ether oxygens (including phenoxy) is 2. The molecule has 2 fully saturated rings. The Hall–Kier alpha value is -2.32. The molecule has 30 heavy (non-hydrogen) atoms. The number of nitrogens with zero attached hydrogens (tertiary/aromatic N) is 2. The van der Waals surface area contributed by atoms with E-state index >= 15 is 0 Å². The molecule has 2 N–H and O–H groups in total. The van der Waals surface area contributed by atoms with E-state index in [2.05, 4.69) is 39.7 Å². The molecule has 3 unspecified atom stereocenters. The molecule has 2 aliphatic rings. The number of carbonyl (C=O) groups is 1. The van der Waals surface area contributed by atoms with Crippen LogP contribution < -0.4 is 20.1 Å². The van der Waals surface area contributed by atoms with Crippen LogP contribution in [0.3, 0.4) is 0 Å². The van der Waals surface area contributed by atoms with Gasteiger partial charge in [-0.15, -0.1) is 11.3 Å². The van der Waals surface area contributed by atoms with Crippen molar-refractivity contribution in [1.82, 2.24) is 15.2 Å². The van der Waals surface area contributed by atoms with Crippen LogP contribution in [0.25, 0.3) is 0 Å². The summed E-state index contributed by atoms with van der Waals surface area (Å²) in [6.45, 7) is 2.97. The van der Waals surface area contributed by atoms with E-state index in [1.807, 2.05) is 18.4 Å². The van der Waals surface area contributed by atoms with E-state index in [1.54, 1.807) is 14.2 Å². The zero-order valence-corrected chi connectivity index (χ0v) is 18.8. The van der Waals surface area contributed by atoms with Gasteiger partial charge in [0.05, 0.1) is 19.9 Å². The standard InChI is InChI=1S/C22H30N4O3S/c1-14-13-30-21(23-14)25-20(27)24-16-7-8-22(9-10-26(2)19(22)12-16)15-5-6-17(28-3)18(11-15)29-4/h5-6,11,13,16,19H,7-10,12H2,1-4H3,(H2,23,24,25,27). The van der Waals surface area contributed by atoms with Crippen LogP contribution in [0.5, 0.6) is 11.5 Å². The number of fused-ring (bicyclic) bond motifs is 1. The molecule has 0 spiro atoms. The second-order valence-corrected chi connectivity index (χ2v) is 9.19. The number of hydrogen-bond donors (Lipinski definition) is 2. The van der Waals surface area contributed by atoms with Crippen LogP contribution in [0, 0.1) is 6.92 Å². The normalized spacial score (nSPS) is 26.1. The number of hydrogen-bond acceptors (Lipinski definition) is 6. The number of benzene rings is 1. The molecular weight excluding hydrogens is 400 g/mol. The van der Waals surface area contributed by atoms with Gasteiger partial charge in [-0.05, 0) is 63.9 Å². The van der Waals surface area contributed by atoms with Gasteiger partial charge in [0.25, 0.3) is 0 Å². The van der Waals surface area contributed by atoms with Crippen LogP contribution in [-0.4, -0.2) is 55.8 Å². The van der Waals surface area contributed by atoms with Crippen molar-refractivity contribution in [2.45, 2.75) is 50.1 Å². The molecule has 1 aliphatic carbocycles. The number of likely N-dealkylation sites (N-methyl/N-ethyl adjacent to an activating group) is 1. The lowest BCUT2D eigenvalue weighted by Gasteiger charge is -2.45. The number of likely N-dealkylation sites (tertiary alicyclic amines) is 1. The summed E-state index contributed by atoms with van der Waals surface area (Å²) in [7, 11) is 5.53. The van der Waals surface area contributed by atoms with Crippen LogP contribution in [0.1, 0.15) is 36.9 Å². The van der Waals surface area contributed by atoms with Crippen molar-refractivity contribution in [2.75, 3.05) is 33.1 Å². The SMILES string of the molecule is COc1ccc(C23CCC(NC(=O)Nc4nc(C)cs4)CC2N(C)CC3)cc1OC. The maximum atomic E-state index is 12.5. The Morgan fingerprint density at radius 1 is 1.27 bits per heavy atom. The minimum atomic E-state index is -0.173. The third kappa shape index (κ3) is 3.86. The number of methoxy groups -OCH3 is 2.